The van der Waals surface area contributed by atoms with Crippen LogP contribution >= 0.6 is 11.3 Å². The number of methoxy groups -OCH3 is 1. The molecule has 25 heavy (non-hydrogen) atoms. The van der Waals surface area contributed by atoms with Crippen molar-refractivity contribution >= 4 is 28.2 Å². The van der Waals surface area contributed by atoms with Crippen molar-refractivity contribution in [1.29, 1.82) is 0 Å². The van der Waals surface area contributed by atoms with Crippen molar-refractivity contribution in [1.82, 2.24) is 0 Å². The number of aryl methyl sites for hydroxylation is 1. The van der Waals surface area contributed by atoms with Gasteiger partial charge in [0.05, 0.1) is 13.1 Å². The second-order valence-electron chi connectivity index (χ2n) is 5.69. The van der Waals surface area contributed by atoms with Gasteiger partial charge in [-0.2, -0.15) is 0 Å². The molecule has 1 aliphatic rings. The lowest BCUT2D eigenvalue weighted by atomic mass is 9.95. The molecule has 132 valence electrons. The Morgan fingerprint density at radius 2 is 1.92 bits per heavy atom. The molecule has 1 amide bonds. The van der Waals surface area contributed by atoms with Gasteiger partial charge in [0.15, 0.2) is 18.1 Å². The number of amides is 1. The van der Waals surface area contributed by atoms with Gasteiger partial charge in [0.2, 0.25) is 0 Å². The van der Waals surface area contributed by atoms with E-state index in [-0.39, 0.29) is 12.2 Å². The van der Waals surface area contributed by atoms with Crippen molar-refractivity contribution in [3.63, 3.8) is 0 Å². The van der Waals surface area contributed by atoms with Crippen molar-refractivity contribution in [3.8, 4) is 11.5 Å². The lowest BCUT2D eigenvalue weighted by Crippen LogP contribution is -2.26. The summed E-state index contributed by atoms with van der Waals surface area (Å²) < 4.78 is 10.6. The topological polar surface area (TPSA) is 87.7 Å². The Hall–Kier alpha value is -2.54. The maximum Gasteiger partial charge on any atom is 0.262 e. The van der Waals surface area contributed by atoms with E-state index in [1.165, 1.54) is 18.4 Å². The van der Waals surface area contributed by atoms with Crippen molar-refractivity contribution in [3.05, 3.63) is 40.3 Å². The number of carbonyl (C=O) groups is 2. The number of benzene rings is 1. The van der Waals surface area contributed by atoms with Gasteiger partial charge < -0.3 is 24.7 Å². The van der Waals surface area contributed by atoms with Gasteiger partial charge in [-0.25, -0.2) is 0 Å². The van der Waals surface area contributed by atoms with Crippen LogP contribution in [0.15, 0.2) is 24.3 Å². The number of carboxylic acid groups (broad SMARTS) is 1. The van der Waals surface area contributed by atoms with Crippen LogP contribution in [-0.4, -0.2) is 25.6 Å². The lowest BCUT2D eigenvalue weighted by Gasteiger charge is -2.13. The first-order valence-corrected chi connectivity index (χ1v) is 8.83. The van der Waals surface area contributed by atoms with Gasteiger partial charge in [-0.3, -0.25) is 4.79 Å². The highest BCUT2D eigenvalue weighted by molar-refractivity contribution is 7.17. The average molecular weight is 360 g/mol. The number of anilines is 1. The number of aromatic carboxylic acids is 1. The number of fused-ring (bicyclic) bond motifs is 1. The molecule has 0 aliphatic heterocycles. The van der Waals surface area contributed by atoms with Crippen molar-refractivity contribution in [2.75, 3.05) is 19.0 Å². The molecule has 3 rings (SSSR count). The van der Waals surface area contributed by atoms with Crippen LogP contribution in [0.1, 0.15) is 33.6 Å². The molecular weight excluding hydrogens is 342 g/mol. The normalized spacial score (nSPS) is 13.0. The molecule has 0 saturated carbocycles. The van der Waals surface area contributed by atoms with E-state index in [0.717, 1.165) is 29.7 Å². The fraction of sp³-hybridized carbons (Fsp3) is 0.333. The second-order valence-corrected chi connectivity index (χ2v) is 6.80. The van der Waals surface area contributed by atoms with Crippen LogP contribution < -0.4 is 19.9 Å². The molecule has 0 unspecified atom stereocenters. The lowest BCUT2D eigenvalue weighted by molar-refractivity contribution is -0.254. The highest BCUT2D eigenvalue weighted by Gasteiger charge is 2.22. The standard InChI is InChI=1S/C18H19NO5S/c1-23-12-7-3-4-8-13(12)24-10-15(20)19-17-16(18(21)22)11-6-2-5-9-14(11)25-17/h3-4,7-8H,2,5-6,9-10H2,1H3,(H,19,20)(H,21,22)/p-1. The fourth-order valence-corrected chi connectivity index (χ4v) is 4.21. The first kappa shape index (κ1) is 17.3. The number of carboxylic acids is 1. The minimum Gasteiger partial charge on any atom is -0.545 e. The average Bonchev–Trinajstić information content (AvgIpc) is 2.98. The van der Waals surface area contributed by atoms with Crippen LogP contribution in [0.25, 0.3) is 0 Å². The largest absolute Gasteiger partial charge is 0.545 e. The molecule has 1 aromatic heterocycles. The van der Waals surface area contributed by atoms with Gasteiger partial charge in [-0.05, 0) is 43.4 Å². The van der Waals surface area contributed by atoms with Gasteiger partial charge in [-0.15, -0.1) is 11.3 Å². The van der Waals surface area contributed by atoms with Crippen molar-refractivity contribution in [2.45, 2.75) is 25.7 Å². The third-order valence-corrected chi connectivity index (χ3v) is 5.26. The fourth-order valence-electron chi connectivity index (χ4n) is 2.91. The van der Waals surface area contributed by atoms with Crippen LogP contribution in [0.3, 0.4) is 0 Å². The number of hydrogen-bond donors (Lipinski definition) is 1. The molecule has 1 aliphatic carbocycles. The van der Waals surface area contributed by atoms with E-state index >= 15 is 0 Å². The van der Waals surface area contributed by atoms with Gasteiger partial charge >= 0.3 is 0 Å². The Labute approximate surface area is 149 Å². The highest BCUT2D eigenvalue weighted by atomic mass is 32.1. The predicted octanol–water partition coefficient (Wildman–Crippen LogP) is 2.02. The maximum atomic E-state index is 12.2. The minimum atomic E-state index is -1.25. The highest BCUT2D eigenvalue weighted by Crippen LogP contribution is 2.37. The van der Waals surface area contributed by atoms with Crippen molar-refractivity contribution < 1.29 is 24.2 Å². The molecule has 1 heterocycles. The molecular formula is C18H18NO5S-. The minimum absolute atomic E-state index is 0.116. The summed E-state index contributed by atoms with van der Waals surface area (Å²) in [6, 6.07) is 7.00. The summed E-state index contributed by atoms with van der Waals surface area (Å²) in [5.74, 6) is -0.699. The van der Waals surface area contributed by atoms with E-state index in [1.807, 2.05) is 0 Å². The third kappa shape index (κ3) is 3.76. The molecule has 0 atom stereocenters. The first-order chi connectivity index (χ1) is 12.1. The summed E-state index contributed by atoms with van der Waals surface area (Å²) >= 11 is 1.31. The molecule has 1 N–H and O–H groups in total. The SMILES string of the molecule is COc1ccccc1OCC(=O)Nc1sc2c(c1C(=O)[O-])CCCC2. The van der Waals surface area contributed by atoms with Crippen molar-refractivity contribution in [2.24, 2.45) is 0 Å². The van der Waals surface area contributed by atoms with Gasteiger partial charge in [-0.1, -0.05) is 12.1 Å². The zero-order valence-corrected chi connectivity index (χ0v) is 14.6. The number of rotatable bonds is 6. The summed E-state index contributed by atoms with van der Waals surface area (Å²) in [5, 5.41) is 14.5. The Kier molecular flexibility index (Phi) is 5.23. The van der Waals surface area contributed by atoms with E-state index in [4.69, 9.17) is 9.47 Å². The molecule has 0 spiro atoms. The predicted molar refractivity (Wildman–Crippen MR) is 92.4 cm³/mol. The Morgan fingerprint density at radius 3 is 2.64 bits per heavy atom. The van der Waals surface area contributed by atoms with E-state index in [2.05, 4.69) is 5.32 Å². The van der Waals surface area contributed by atoms with E-state index in [0.29, 0.717) is 22.9 Å². The Balaban J connectivity index is 1.71. The quantitative estimate of drug-likeness (QED) is 0.851. The van der Waals surface area contributed by atoms with E-state index in [9.17, 15) is 14.7 Å². The molecule has 6 nitrogen and oxygen atoms in total. The third-order valence-electron chi connectivity index (χ3n) is 4.06. The summed E-state index contributed by atoms with van der Waals surface area (Å²) in [6.07, 6.45) is 3.54. The van der Waals surface area contributed by atoms with Crippen LogP contribution in [0.4, 0.5) is 5.00 Å². The number of thiophene rings is 1. The van der Waals surface area contributed by atoms with Crippen LogP contribution in [-0.2, 0) is 17.6 Å². The molecule has 2 aromatic rings. The number of hydrogen-bond acceptors (Lipinski definition) is 6. The second kappa shape index (κ2) is 7.57. The first-order valence-electron chi connectivity index (χ1n) is 8.01. The maximum absolute atomic E-state index is 12.2. The summed E-state index contributed by atoms with van der Waals surface area (Å²) in [5.41, 5.74) is 0.919. The summed E-state index contributed by atoms with van der Waals surface area (Å²) in [7, 11) is 1.52. The molecule has 7 heteroatoms. The summed E-state index contributed by atoms with van der Waals surface area (Å²) in [6.45, 7) is -0.241. The molecule has 0 bridgehead atoms. The molecule has 0 saturated heterocycles. The smallest absolute Gasteiger partial charge is 0.262 e. The number of carbonyl (C=O) groups excluding carboxylic acids is 2. The number of nitrogens with one attached hydrogen (secondary N) is 1. The van der Waals surface area contributed by atoms with Gasteiger partial charge in [0.25, 0.3) is 5.91 Å². The van der Waals surface area contributed by atoms with Gasteiger partial charge in [0, 0.05) is 10.4 Å². The van der Waals surface area contributed by atoms with E-state index in [1.54, 1.807) is 24.3 Å². The summed E-state index contributed by atoms with van der Waals surface area (Å²) in [4.78, 5) is 24.7. The molecule has 1 aromatic carbocycles. The van der Waals surface area contributed by atoms with Crippen LogP contribution in [0.2, 0.25) is 0 Å². The monoisotopic (exact) mass is 360 g/mol. The molecule has 0 radical (unpaired) electrons. The zero-order valence-electron chi connectivity index (χ0n) is 13.8. The zero-order chi connectivity index (χ0) is 17.8. The van der Waals surface area contributed by atoms with Gasteiger partial charge in [0.1, 0.15) is 5.00 Å². The van der Waals surface area contributed by atoms with E-state index < -0.39 is 11.9 Å². The molecule has 0 fully saturated rings. The van der Waals surface area contributed by atoms with Crippen LogP contribution in [0, 0.1) is 0 Å². The van der Waals surface area contributed by atoms with Crippen LogP contribution in [0.5, 0.6) is 11.5 Å². The number of ether oxygens (including phenoxy) is 2. The Bertz CT molecular complexity index is 799. The number of para-hydroxylation sites is 2. The Morgan fingerprint density at radius 1 is 1.20 bits per heavy atom.